The lowest BCUT2D eigenvalue weighted by Crippen LogP contribution is -2.54. The molecule has 0 radical (unpaired) electrons. The molecule has 3 aromatic carbocycles. The maximum absolute atomic E-state index is 15.3. The van der Waals surface area contributed by atoms with Crippen molar-refractivity contribution in [2.45, 2.75) is 24.6 Å². The molecular weight excluding hydrogens is 529 g/mol. The number of rotatable bonds is 10. The number of carbonyl (C=O) groups is 1. The summed E-state index contributed by atoms with van der Waals surface area (Å²) in [6.45, 7) is 0.246. The van der Waals surface area contributed by atoms with Crippen molar-refractivity contribution in [1.29, 1.82) is 0 Å². The summed E-state index contributed by atoms with van der Waals surface area (Å²) in [6.07, 6.45) is -1.56. The second-order valence-corrected chi connectivity index (χ2v) is 8.41. The molecule has 0 heterocycles. The van der Waals surface area contributed by atoms with Gasteiger partial charge in [0.15, 0.2) is 0 Å². The number of nitrogens with one attached hydrogen (secondary N) is 2. The highest BCUT2D eigenvalue weighted by Crippen LogP contribution is 2.33. The summed E-state index contributed by atoms with van der Waals surface area (Å²) in [7, 11) is 0. The van der Waals surface area contributed by atoms with Crippen molar-refractivity contribution in [3.05, 3.63) is 105 Å². The average Bonchev–Trinajstić information content (AvgIpc) is 2.80. The Kier molecular flexibility index (Phi) is 8.68. The Morgan fingerprint density at radius 3 is 2.31 bits per heavy atom. The molecule has 0 saturated heterocycles. The molecule has 32 heavy (non-hydrogen) atoms. The highest BCUT2D eigenvalue weighted by atomic mass is 127. The summed E-state index contributed by atoms with van der Waals surface area (Å²) >= 11 is 2.19. The Hall–Kier alpha value is -2.40. The zero-order valence-electron chi connectivity index (χ0n) is 17.0. The van der Waals surface area contributed by atoms with Gasteiger partial charge in [0.25, 0.3) is 5.92 Å². The van der Waals surface area contributed by atoms with Crippen LogP contribution in [0.4, 0.5) is 8.78 Å². The monoisotopic (exact) mass is 552 g/mol. The van der Waals surface area contributed by atoms with Crippen LogP contribution < -0.4 is 10.8 Å². The van der Waals surface area contributed by atoms with Crippen LogP contribution in [0.3, 0.4) is 0 Å². The molecule has 2 atom stereocenters. The van der Waals surface area contributed by atoms with Gasteiger partial charge < -0.3 is 15.3 Å². The molecule has 0 fully saturated rings. The summed E-state index contributed by atoms with van der Waals surface area (Å²) in [5.41, 5.74) is 2.98. The first-order chi connectivity index (χ1) is 15.4. The lowest BCUT2D eigenvalue weighted by atomic mass is 9.97. The first kappa shape index (κ1) is 24.2. The van der Waals surface area contributed by atoms with Crippen LogP contribution in [0.2, 0.25) is 0 Å². The van der Waals surface area contributed by atoms with Crippen molar-refractivity contribution < 1.29 is 23.5 Å². The van der Waals surface area contributed by atoms with E-state index in [1.54, 1.807) is 24.3 Å². The Labute approximate surface area is 198 Å². The second kappa shape index (κ2) is 11.5. The number of aliphatic hydroxyl groups is 1. The van der Waals surface area contributed by atoms with E-state index in [9.17, 15) is 9.90 Å². The van der Waals surface area contributed by atoms with E-state index in [1.807, 2.05) is 24.3 Å². The van der Waals surface area contributed by atoms with E-state index < -0.39 is 24.0 Å². The molecule has 3 aromatic rings. The van der Waals surface area contributed by atoms with Gasteiger partial charge in [-0.05, 0) is 52.4 Å². The third kappa shape index (κ3) is 6.55. The maximum Gasteiger partial charge on any atom is 0.356 e. The Morgan fingerprint density at radius 1 is 1.00 bits per heavy atom. The molecular formula is C24H23F2IN2O3. The van der Waals surface area contributed by atoms with E-state index in [1.165, 1.54) is 36.4 Å². The molecule has 0 spiro atoms. The minimum absolute atomic E-state index is 0.144. The molecule has 0 bridgehead atoms. The van der Waals surface area contributed by atoms with E-state index in [0.717, 1.165) is 9.13 Å². The van der Waals surface area contributed by atoms with Gasteiger partial charge in [0.2, 0.25) is 0 Å². The molecule has 0 aliphatic heterocycles. The third-order valence-electron chi connectivity index (χ3n) is 4.79. The fourth-order valence-corrected chi connectivity index (χ4v) is 3.72. The Bertz CT molecular complexity index is 1010. The fourth-order valence-electron chi connectivity index (χ4n) is 3.11. The van der Waals surface area contributed by atoms with Crippen molar-refractivity contribution in [2.24, 2.45) is 0 Å². The number of alkyl halides is 2. The third-order valence-corrected chi connectivity index (χ3v) is 5.46. The second-order valence-electron chi connectivity index (χ2n) is 7.17. The quantitative estimate of drug-likeness (QED) is 0.259. The van der Waals surface area contributed by atoms with Gasteiger partial charge >= 0.3 is 5.97 Å². The Balaban J connectivity index is 1.71. The number of hydrogen-bond donors (Lipinski definition) is 3. The standard InChI is InChI=1S/C24H23F2IN2O3/c25-24(26,19-11-5-2-6-12-19)22(29-32-23(31)18-9-3-1-4-10-18)21(30)16-28-15-17-8-7-13-20(27)14-17/h1-14,21-22,28-30H,15-16H2/t21-,22+/m0/s1. The van der Waals surface area contributed by atoms with Crippen LogP contribution in [0.5, 0.6) is 0 Å². The van der Waals surface area contributed by atoms with Crippen LogP contribution in [-0.2, 0) is 17.3 Å². The minimum Gasteiger partial charge on any atom is -0.390 e. The molecule has 8 heteroatoms. The van der Waals surface area contributed by atoms with E-state index in [0.29, 0.717) is 6.54 Å². The summed E-state index contributed by atoms with van der Waals surface area (Å²) in [6, 6.07) is 20.9. The van der Waals surface area contributed by atoms with Gasteiger partial charge in [0, 0.05) is 22.2 Å². The molecule has 0 saturated carbocycles. The lowest BCUT2D eigenvalue weighted by Gasteiger charge is -2.31. The van der Waals surface area contributed by atoms with Crippen molar-refractivity contribution in [2.75, 3.05) is 6.54 Å². The van der Waals surface area contributed by atoms with Gasteiger partial charge in [0.1, 0.15) is 6.04 Å². The highest BCUT2D eigenvalue weighted by Gasteiger charge is 2.46. The maximum atomic E-state index is 15.3. The number of halogens is 3. The average molecular weight is 552 g/mol. The largest absolute Gasteiger partial charge is 0.390 e. The van der Waals surface area contributed by atoms with E-state index in [4.69, 9.17) is 4.84 Å². The molecule has 0 aliphatic carbocycles. The zero-order chi connectivity index (χ0) is 23.0. The van der Waals surface area contributed by atoms with Crippen molar-refractivity contribution in [3.8, 4) is 0 Å². The molecule has 0 amide bonds. The van der Waals surface area contributed by atoms with E-state index >= 15 is 8.78 Å². The predicted molar refractivity (Wildman–Crippen MR) is 126 cm³/mol. The van der Waals surface area contributed by atoms with Crippen molar-refractivity contribution >= 4 is 28.6 Å². The van der Waals surface area contributed by atoms with Gasteiger partial charge in [-0.3, -0.25) is 0 Å². The molecule has 0 aromatic heterocycles. The smallest absolute Gasteiger partial charge is 0.356 e. The van der Waals surface area contributed by atoms with Gasteiger partial charge in [-0.2, -0.15) is 8.78 Å². The van der Waals surface area contributed by atoms with Crippen LogP contribution in [0.15, 0.2) is 84.9 Å². The minimum atomic E-state index is -3.51. The number of benzene rings is 3. The number of carbonyl (C=O) groups excluding carboxylic acids is 1. The molecule has 0 aliphatic rings. The van der Waals surface area contributed by atoms with Crippen LogP contribution in [0.1, 0.15) is 21.5 Å². The molecule has 168 valence electrons. The highest BCUT2D eigenvalue weighted by molar-refractivity contribution is 14.1. The van der Waals surface area contributed by atoms with Crippen LogP contribution in [0, 0.1) is 3.57 Å². The number of hydroxylamine groups is 1. The molecule has 0 unspecified atom stereocenters. The van der Waals surface area contributed by atoms with E-state index in [2.05, 4.69) is 33.4 Å². The normalized spacial score (nSPS) is 13.4. The number of aliphatic hydroxyl groups excluding tert-OH is 1. The lowest BCUT2D eigenvalue weighted by molar-refractivity contribution is -0.123. The van der Waals surface area contributed by atoms with Crippen molar-refractivity contribution in [3.63, 3.8) is 0 Å². The van der Waals surface area contributed by atoms with Crippen molar-refractivity contribution in [1.82, 2.24) is 10.8 Å². The van der Waals surface area contributed by atoms with Gasteiger partial charge in [0.05, 0.1) is 11.7 Å². The van der Waals surface area contributed by atoms with Gasteiger partial charge in [-0.15, -0.1) is 5.48 Å². The SMILES string of the molecule is O=C(ON[C@H]([C@@H](O)CNCc1cccc(I)c1)C(F)(F)c1ccccc1)c1ccccc1. The summed E-state index contributed by atoms with van der Waals surface area (Å²) < 4.78 is 31.6. The van der Waals surface area contributed by atoms with Gasteiger partial charge in [-0.1, -0.05) is 60.7 Å². The first-order valence-electron chi connectivity index (χ1n) is 9.96. The zero-order valence-corrected chi connectivity index (χ0v) is 19.2. The molecule has 3 N–H and O–H groups in total. The predicted octanol–water partition coefficient (Wildman–Crippen LogP) is 4.26. The summed E-state index contributed by atoms with van der Waals surface area (Å²) in [5.74, 6) is -4.33. The first-order valence-corrected chi connectivity index (χ1v) is 11.0. The topological polar surface area (TPSA) is 70.6 Å². The van der Waals surface area contributed by atoms with Crippen LogP contribution in [0.25, 0.3) is 0 Å². The van der Waals surface area contributed by atoms with Crippen LogP contribution in [-0.4, -0.2) is 29.8 Å². The van der Waals surface area contributed by atoms with E-state index in [-0.39, 0.29) is 17.7 Å². The Morgan fingerprint density at radius 2 is 1.66 bits per heavy atom. The molecule has 5 nitrogen and oxygen atoms in total. The molecule has 3 rings (SSSR count). The van der Waals surface area contributed by atoms with Crippen LogP contribution >= 0.6 is 22.6 Å². The number of hydrogen-bond acceptors (Lipinski definition) is 5. The summed E-state index contributed by atoms with van der Waals surface area (Å²) in [4.78, 5) is 17.2. The summed E-state index contributed by atoms with van der Waals surface area (Å²) in [5, 5.41) is 13.6. The van der Waals surface area contributed by atoms with Gasteiger partial charge in [-0.25, -0.2) is 4.79 Å². The fraction of sp³-hybridized carbons (Fsp3) is 0.208.